The predicted octanol–water partition coefficient (Wildman–Crippen LogP) is 4.32. The van der Waals surface area contributed by atoms with Crippen LogP contribution in [0.2, 0.25) is 0 Å². The Hall–Kier alpha value is -1.65. The lowest BCUT2D eigenvalue weighted by Crippen LogP contribution is -2.52. The second-order valence-electron chi connectivity index (χ2n) is 5.83. The molecule has 0 N–H and O–H groups in total. The SMILES string of the molecule is C=CC(=C)N(/C=C\CCC)C(=O)C1(CC=C(C)C)OCCCO1. The second kappa shape index (κ2) is 9.48. The molecule has 0 unspecified atom stereocenters. The van der Waals surface area contributed by atoms with Gasteiger partial charge in [-0.15, -0.1) is 0 Å². The van der Waals surface area contributed by atoms with Gasteiger partial charge in [-0.25, -0.2) is 0 Å². The number of hydrogen-bond acceptors (Lipinski definition) is 3. The zero-order chi connectivity index (χ0) is 17.3. The van der Waals surface area contributed by atoms with Crippen LogP contribution in [0.1, 0.15) is 46.5 Å². The van der Waals surface area contributed by atoms with Crippen molar-refractivity contribution in [1.82, 2.24) is 4.90 Å². The Labute approximate surface area is 140 Å². The minimum absolute atomic E-state index is 0.257. The predicted molar refractivity (Wildman–Crippen MR) is 93.5 cm³/mol. The summed E-state index contributed by atoms with van der Waals surface area (Å²) in [4.78, 5) is 14.6. The molecule has 0 saturated carbocycles. The molecule has 0 aromatic rings. The van der Waals surface area contributed by atoms with Crippen LogP contribution in [0, 0.1) is 0 Å². The lowest BCUT2D eigenvalue weighted by atomic mass is 10.1. The minimum atomic E-state index is -1.28. The number of amides is 1. The number of unbranched alkanes of at least 4 members (excludes halogenated alkanes) is 1. The Kier molecular flexibility index (Phi) is 8.00. The lowest BCUT2D eigenvalue weighted by Gasteiger charge is -2.38. The van der Waals surface area contributed by atoms with Crippen LogP contribution in [0.25, 0.3) is 0 Å². The molecule has 0 aliphatic carbocycles. The van der Waals surface area contributed by atoms with Crippen molar-refractivity contribution in [3.05, 3.63) is 48.9 Å². The van der Waals surface area contributed by atoms with Crippen LogP contribution in [-0.4, -0.2) is 29.8 Å². The van der Waals surface area contributed by atoms with Crippen molar-refractivity contribution in [3.8, 4) is 0 Å². The Morgan fingerprint density at radius 2 is 1.96 bits per heavy atom. The fourth-order valence-electron chi connectivity index (χ4n) is 2.16. The van der Waals surface area contributed by atoms with E-state index in [1.165, 1.54) is 4.90 Å². The number of carbonyl (C=O) groups is 1. The summed E-state index contributed by atoms with van der Waals surface area (Å²) >= 11 is 0. The molecular formula is C19H29NO3. The Balaban J connectivity index is 3.09. The fourth-order valence-corrected chi connectivity index (χ4v) is 2.16. The first kappa shape index (κ1) is 19.4. The number of nitrogens with zero attached hydrogens (tertiary/aromatic N) is 1. The first-order valence-corrected chi connectivity index (χ1v) is 8.19. The molecule has 1 saturated heterocycles. The minimum Gasteiger partial charge on any atom is -0.342 e. The van der Waals surface area contributed by atoms with Crippen molar-refractivity contribution in [3.63, 3.8) is 0 Å². The molecule has 4 heteroatoms. The summed E-state index contributed by atoms with van der Waals surface area (Å²) in [6, 6.07) is 0. The molecule has 0 atom stereocenters. The standard InChI is InChI=1S/C19H29NO3/c1-6-8-9-13-20(17(5)7-2)18(21)19(12-11-16(3)4)22-14-10-15-23-19/h7,9,11,13H,2,5-6,8,10,12,14-15H2,1,3-4H3/b13-9-. The van der Waals surface area contributed by atoms with Crippen molar-refractivity contribution in [1.29, 1.82) is 0 Å². The van der Waals surface area contributed by atoms with Crippen molar-refractivity contribution in [2.24, 2.45) is 0 Å². The molecule has 1 rings (SSSR count). The third kappa shape index (κ3) is 5.48. The van der Waals surface area contributed by atoms with E-state index in [-0.39, 0.29) is 5.91 Å². The highest BCUT2D eigenvalue weighted by Crippen LogP contribution is 2.28. The topological polar surface area (TPSA) is 38.8 Å². The Morgan fingerprint density at radius 1 is 1.30 bits per heavy atom. The van der Waals surface area contributed by atoms with Gasteiger partial charge in [0.2, 0.25) is 0 Å². The molecule has 1 aliphatic rings. The van der Waals surface area contributed by atoms with Gasteiger partial charge in [-0.1, -0.05) is 44.2 Å². The molecule has 1 aliphatic heterocycles. The van der Waals surface area contributed by atoms with Crippen LogP contribution in [0.15, 0.2) is 48.9 Å². The van der Waals surface area contributed by atoms with Crippen molar-refractivity contribution in [2.75, 3.05) is 13.2 Å². The number of rotatable bonds is 8. The van der Waals surface area contributed by atoms with E-state index >= 15 is 0 Å². The molecule has 23 heavy (non-hydrogen) atoms. The first-order valence-electron chi connectivity index (χ1n) is 8.19. The molecule has 0 aromatic heterocycles. The zero-order valence-electron chi connectivity index (χ0n) is 14.6. The summed E-state index contributed by atoms with van der Waals surface area (Å²) in [5, 5.41) is 0. The van der Waals surface area contributed by atoms with E-state index in [0.717, 1.165) is 24.8 Å². The molecule has 0 spiro atoms. The van der Waals surface area contributed by atoms with Crippen LogP contribution in [0.5, 0.6) is 0 Å². The molecule has 4 nitrogen and oxygen atoms in total. The molecule has 1 amide bonds. The maximum atomic E-state index is 13.1. The highest BCUT2D eigenvalue weighted by Gasteiger charge is 2.44. The largest absolute Gasteiger partial charge is 0.342 e. The summed E-state index contributed by atoms with van der Waals surface area (Å²) in [5.74, 6) is -1.54. The van der Waals surface area contributed by atoms with Crippen LogP contribution < -0.4 is 0 Å². The highest BCUT2D eigenvalue weighted by atomic mass is 16.7. The zero-order valence-corrected chi connectivity index (χ0v) is 14.6. The van der Waals surface area contributed by atoms with Gasteiger partial charge in [0, 0.05) is 18.3 Å². The maximum absolute atomic E-state index is 13.1. The van der Waals surface area contributed by atoms with Gasteiger partial charge in [-0.3, -0.25) is 9.69 Å². The Bertz CT molecular complexity index is 481. The smallest absolute Gasteiger partial charge is 0.291 e. The van der Waals surface area contributed by atoms with Crippen molar-refractivity contribution < 1.29 is 14.3 Å². The first-order chi connectivity index (χ1) is 11.0. The lowest BCUT2D eigenvalue weighted by molar-refractivity contribution is -0.257. The van der Waals surface area contributed by atoms with Gasteiger partial charge in [-0.2, -0.15) is 0 Å². The average molecular weight is 319 g/mol. The summed E-state index contributed by atoms with van der Waals surface area (Å²) < 4.78 is 11.6. The van der Waals surface area contributed by atoms with Crippen LogP contribution in [-0.2, 0) is 14.3 Å². The van der Waals surface area contributed by atoms with Gasteiger partial charge in [0.1, 0.15) is 0 Å². The number of carbonyl (C=O) groups excluding carboxylic acids is 1. The van der Waals surface area contributed by atoms with Crippen LogP contribution in [0.4, 0.5) is 0 Å². The molecule has 1 fully saturated rings. The van der Waals surface area contributed by atoms with E-state index in [4.69, 9.17) is 9.47 Å². The van der Waals surface area contributed by atoms with E-state index in [0.29, 0.717) is 25.3 Å². The van der Waals surface area contributed by atoms with E-state index in [2.05, 4.69) is 20.1 Å². The quantitative estimate of drug-likeness (QED) is 0.494. The average Bonchev–Trinajstić information content (AvgIpc) is 2.56. The maximum Gasteiger partial charge on any atom is 0.291 e. The number of allylic oxidation sites excluding steroid dienone is 3. The van der Waals surface area contributed by atoms with E-state index in [9.17, 15) is 4.79 Å². The van der Waals surface area contributed by atoms with Crippen molar-refractivity contribution >= 4 is 5.91 Å². The second-order valence-corrected chi connectivity index (χ2v) is 5.83. The summed E-state index contributed by atoms with van der Waals surface area (Å²) in [5.41, 5.74) is 1.63. The van der Waals surface area contributed by atoms with Gasteiger partial charge in [0.25, 0.3) is 11.7 Å². The van der Waals surface area contributed by atoms with E-state index in [1.54, 1.807) is 12.3 Å². The van der Waals surface area contributed by atoms with E-state index < -0.39 is 5.79 Å². The monoisotopic (exact) mass is 319 g/mol. The van der Waals surface area contributed by atoms with Crippen molar-refractivity contribution in [2.45, 2.75) is 52.2 Å². The van der Waals surface area contributed by atoms with Crippen LogP contribution >= 0.6 is 0 Å². The van der Waals surface area contributed by atoms with Gasteiger partial charge in [-0.05, 0) is 32.8 Å². The third-order valence-electron chi connectivity index (χ3n) is 3.54. The molecular weight excluding hydrogens is 290 g/mol. The third-order valence-corrected chi connectivity index (χ3v) is 3.54. The normalized spacial score (nSPS) is 16.8. The Morgan fingerprint density at radius 3 is 2.48 bits per heavy atom. The number of hydrogen-bond donors (Lipinski definition) is 0. The molecule has 0 aromatic carbocycles. The van der Waals surface area contributed by atoms with Gasteiger partial charge in [0.05, 0.1) is 13.2 Å². The number of ether oxygens (including phenoxy) is 2. The van der Waals surface area contributed by atoms with E-state index in [1.807, 2.05) is 26.0 Å². The molecule has 0 bridgehead atoms. The molecule has 0 radical (unpaired) electrons. The van der Waals surface area contributed by atoms with Gasteiger partial charge < -0.3 is 9.47 Å². The summed E-state index contributed by atoms with van der Waals surface area (Å²) in [6.45, 7) is 14.7. The summed E-state index contributed by atoms with van der Waals surface area (Å²) in [6.07, 6.45) is 10.3. The summed E-state index contributed by atoms with van der Waals surface area (Å²) in [7, 11) is 0. The van der Waals surface area contributed by atoms with Crippen LogP contribution in [0.3, 0.4) is 0 Å². The van der Waals surface area contributed by atoms with Gasteiger partial charge in [0.15, 0.2) is 0 Å². The highest BCUT2D eigenvalue weighted by molar-refractivity contribution is 5.87. The fraction of sp³-hybridized carbons (Fsp3) is 0.526. The molecule has 1 heterocycles. The van der Waals surface area contributed by atoms with Gasteiger partial charge >= 0.3 is 0 Å². The molecule has 128 valence electrons.